The maximum absolute atomic E-state index is 5.60. The van der Waals surface area contributed by atoms with Crippen molar-refractivity contribution < 1.29 is 0 Å². The Balaban J connectivity index is 1.87. The van der Waals surface area contributed by atoms with E-state index in [1.807, 2.05) is 11.4 Å². The monoisotopic (exact) mass is 311 g/mol. The van der Waals surface area contributed by atoms with Gasteiger partial charge in [-0.15, -0.1) is 11.3 Å². The van der Waals surface area contributed by atoms with E-state index in [0.29, 0.717) is 12.5 Å². The number of rotatable bonds is 4. The number of hydrogen-bond acceptors (Lipinski definition) is 6. The third kappa shape index (κ3) is 3.29. The summed E-state index contributed by atoms with van der Waals surface area (Å²) in [7, 11) is 0. The number of nitrogens with one attached hydrogen (secondary N) is 1. The lowest BCUT2D eigenvalue weighted by Gasteiger charge is -2.07. The number of hydrogen-bond donors (Lipinski definition) is 2. The minimum absolute atomic E-state index is 0.440. The summed E-state index contributed by atoms with van der Waals surface area (Å²) < 4.78 is 0. The van der Waals surface area contributed by atoms with E-state index < -0.39 is 0 Å². The standard InChI is InChI=1S/C16H17N5S/c1-10-5-11(2)7-12(6-10)20-16-18-4-3-14(21-16)15-19-13(8-17)9-22-15/h3-7,9H,8,17H2,1-2H3,(H,18,20,21). The van der Waals surface area contributed by atoms with E-state index in [-0.39, 0.29) is 0 Å². The molecule has 2 heterocycles. The molecule has 0 spiro atoms. The van der Waals surface area contributed by atoms with Crippen LogP contribution in [0.25, 0.3) is 10.7 Å². The number of aromatic nitrogens is 3. The predicted molar refractivity (Wildman–Crippen MR) is 90.2 cm³/mol. The van der Waals surface area contributed by atoms with Crippen LogP contribution in [0.15, 0.2) is 35.8 Å². The Bertz CT molecular complexity index is 776. The fraction of sp³-hybridized carbons (Fsp3) is 0.188. The normalized spacial score (nSPS) is 10.7. The number of anilines is 2. The Morgan fingerprint density at radius 2 is 1.91 bits per heavy atom. The molecule has 0 saturated heterocycles. The summed E-state index contributed by atoms with van der Waals surface area (Å²) in [5.74, 6) is 0.562. The van der Waals surface area contributed by atoms with Gasteiger partial charge in [0.25, 0.3) is 0 Å². The topological polar surface area (TPSA) is 76.7 Å². The van der Waals surface area contributed by atoms with E-state index in [9.17, 15) is 0 Å². The van der Waals surface area contributed by atoms with Crippen LogP contribution in [-0.4, -0.2) is 15.0 Å². The summed E-state index contributed by atoms with van der Waals surface area (Å²) in [6.45, 7) is 4.58. The molecule has 1 aromatic carbocycles. The molecular weight excluding hydrogens is 294 g/mol. The van der Waals surface area contributed by atoms with Gasteiger partial charge in [0.2, 0.25) is 5.95 Å². The fourth-order valence-corrected chi connectivity index (χ4v) is 3.03. The van der Waals surface area contributed by atoms with Crippen LogP contribution in [0.3, 0.4) is 0 Å². The first-order valence-electron chi connectivity index (χ1n) is 6.97. The van der Waals surface area contributed by atoms with Gasteiger partial charge in [-0.05, 0) is 43.2 Å². The van der Waals surface area contributed by atoms with Gasteiger partial charge >= 0.3 is 0 Å². The lowest BCUT2D eigenvalue weighted by Crippen LogP contribution is -1.99. The second-order valence-corrected chi connectivity index (χ2v) is 5.97. The van der Waals surface area contributed by atoms with Gasteiger partial charge in [-0.2, -0.15) is 0 Å². The molecule has 3 aromatic rings. The molecule has 0 saturated carbocycles. The van der Waals surface area contributed by atoms with Gasteiger partial charge in [-0.1, -0.05) is 6.07 Å². The quantitative estimate of drug-likeness (QED) is 0.772. The molecule has 0 aliphatic carbocycles. The zero-order valence-electron chi connectivity index (χ0n) is 12.5. The van der Waals surface area contributed by atoms with Gasteiger partial charge < -0.3 is 11.1 Å². The molecule has 3 N–H and O–H groups in total. The summed E-state index contributed by atoms with van der Waals surface area (Å²) in [5.41, 5.74) is 10.7. The molecule has 6 heteroatoms. The zero-order valence-corrected chi connectivity index (χ0v) is 13.3. The minimum Gasteiger partial charge on any atom is -0.325 e. The number of aryl methyl sites for hydroxylation is 2. The summed E-state index contributed by atoms with van der Waals surface area (Å²) in [6, 6.07) is 8.12. The molecule has 5 nitrogen and oxygen atoms in total. The Labute approximate surface area is 133 Å². The van der Waals surface area contributed by atoms with Crippen LogP contribution in [0.4, 0.5) is 11.6 Å². The van der Waals surface area contributed by atoms with E-state index in [4.69, 9.17) is 5.73 Å². The molecule has 0 atom stereocenters. The van der Waals surface area contributed by atoms with Crippen LogP contribution in [-0.2, 0) is 6.54 Å². The average molecular weight is 311 g/mol. The predicted octanol–water partition coefficient (Wildman–Crippen LogP) is 3.42. The highest BCUT2D eigenvalue weighted by atomic mass is 32.1. The molecule has 0 aliphatic rings. The van der Waals surface area contributed by atoms with Crippen LogP contribution in [0.2, 0.25) is 0 Å². The number of nitrogens with two attached hydrogens (primary N) is 1. The van der Waals surface area contributed by atoms with Gasteiger partial charge in [-0.3, -0.25) is 0 Å². The van der Waals surface area contributed by atoms with Crippen LogP contribution >= 0.6 is 11.3 Å². The van der Waals surface area contributed by atoms with Gasteiger partial charge in [0.05, 0.1) is 5.69 Å². The average Bonchev–Trinajstić information content (AvgIpc) is 2.95. The van der Waals surface area contributed by atoms with E-state index in [0.717, 1.165) is 22.1 Å². The molecule has 0 amide bonds. The Morgan fingerprint density at radius 1 is 1.14 bits per heavy atom. The molecule has 112 valence electrons. The highest BCUT2D eigenvalue weighted by Gasteiger charge is 2.07. The highest BCUT2D eigenvalue weighted by Crippen LogP contribution is 2.23. The molecule has 0 bridgehead atoms. The Kier molecular flexibility index (Phi) is 4.13. The summed E-state index contributed by atoms with van der Waals surface area (Å²) in [4.78, 5) is 13.3. The van der Waals surface area contributed by atoms with E-state index in [1.165, 1.54) is 22.5 Å². The Morgan fingerprint density at radius 3 is 2.59 bits per heavy atom. The van der Waals surface area contributed by atoms with Crippen molar-refractivity contribution in [3.05, 3.63) is 52.7 Å². The molecule has 2 aromatic heterocycles. The maximum Gasteiger partial charge on any atom is 0.227 e. The second kappa shape index (κ2) is 6.21. The van der Waals surface area contributed by atoms with Crippen molar-refractivity contribution in [1.29, 1.82) is 0 Å². The second-order valence-electron chi connectivity index (χ2n) is 5.11. The molecule has 0 radical (unpaired) electrons. The first kappa shape index (κ1) is 14.6. The summed E-state index contributed by atoms with van der Waals surface area (Å²) >= 11 is 1.54. The maximum atomic E-state index is 5.60. The number of benzene rings is 1. The van der Waals surface area contributed by atoms with Crippen LogP contribution in [0, 0.1) is 13.8 Å². The molecule has 0 unspecified atom stereocenters. The minimum atomic E-state index is 0.440. The van der Waals surface area contributed by atoms with E-state index in [1.54, 1.807) is 6.20 Å². The first-order chi connectivity index (χ1) is 10.6. The van der Waals surface area contributed by atoms with Crippen molar-refractivity contribution in [2.24, 2.45) is 5.73 Å². The third-order valence-electron chi connectivity index (χ3n) is 3.11. The van der Waals surface area contributed by atoms with Crippen molar-refractivity contribution in [3.8, 4) is 10.7 Å². The van der Waals surface area contributed by atoms with Gasteiger partial charge in [0, 0.05) is 23.8 Å². The van der Waals surface area contributed by atoms with Crippen LogP contribution in [0.1, 0.15) is 16.8 Å². The first-order valence-corrected chi connectivity index (χ1v) is 7.85. The smallest absolute Gasteiger partial charge is 0.227 e. The SMILES string of the molecule is Cc1cc(C)cc(Nc2nccc(-c3nc(CN)cs3)n2)c1. The summed E-state index contributed by atoms with van der Waals surface area (Å²) in [5, 5.41) is 6.05. The van der Waals surface area contributed by atoms with E-state index >= 15 is 0 Å². The molecule has 0 aliphatic heterocycles. The lowest BCUT2D eigenvalue weighted by molar-refractivity contribution is 1.01. The van der Waals surface area contributed by atoms with Crippen molar-refractivity contribution in [2.75, 3.05) is 5.32 Å². The summed E-state index contributed by atoms with van der Waals surface area (Å²) in [6.07, 6.45) is 1.73. The lowest BCUT2D eigenvalue weighted by atomic mass is 10.1. The van der Waals surface area contributed by atoms with Crippen molar-refractivity contribution >= 4 is 23.0 Å². The molecule has 22 heavy (non-hydrogen) atoms. The molecule has 0 fully saturated rings. The Hall–Kier alpha value is -2.31. The van der Waals surface area contributed by atoms with Crippen molar-refractivity contribution in [3.63, 3.8) is 0 Å². The largest absolute Gasteiger partial charge is 0.325 e. The number of nitrogens with zero attached hydrogens (tertiary/aromatic N) is 3. The third-order valence-corrected chi connectivity index (χ3v) is 4.03. The van der Waals surface area contributed by atoms with Crippen LogP contribution in [0.5, 0.6) is 0 Å². The van der Waals surface area contributed by atoms with E-state index in [2.05, 4.69) is 52.3 Å². The number of thiazole rings is 1. The van der Waals surface area contributed by atoms with Gasteiger partial charge in [0.15, 0.2) is 0 Å². The van der Waals surface area contributed by atoms with Crippen LogP contribution < -0.4 is 11.1 Å². The van der Waals surface area contributed by atoms with Gasteiger partial charge in [-0.25, -0.2) is 15.0 Å². The van der Waals surface area contributed by atoms with Gasteiger partial charge in [0.1, 0.15) is 10.7 Å². The fourth-order valence-electron chi connectivity index (χ4n) is 2.23. The van der Waals surface area contributed by atoms with Crippen molar-refractivity contribution in [2.45, 2.75) is 20.4 Å². The highest BCUT2D eigenvalue weighted by molar-refractivity contribution is 7.13. The molecule has 3 rings (SSSR count). The van der Waals surface area contributed by atoms with Crippen molar-refractivity contribution in [1.82, 2.24) is 15.0 Å². The molecular formula is C16H17N5S. The zero-order chi connectivity index (χ0) is 15.5.